The molecule has 0 atom stereocenters. The molecule has 4 N–H and O–H groups in total. The van der Waals surface area contributed by atoms with Crippen LogP contribution in [0.5, 0.6) is 5.75 Å². The summed E-state index contributed by atoms with van der Waals surface area (Å²) >= 11 is 3.31. The largest absolute Gasteiger partial charge is 0.494 e. The molecule has 0 bridgehead atoms. The van der Waals surface area contributed by atoms with Crippen molar-refractivity contribution in [1.82, 2.24) is 9.97 Å². The summed E-state index contributed by atoms with van der Waals surface area (Å²) in [6, 6.07) is 4.15. The summed E-state index contributed by atoms with van der Waals surface area (Å²) in [6.07, 6.45) is 1.54. The summed E-state index contributed by atoms with van der Waals surface area (Å²) in [5, 5.41) is 3.01. The fourth-order valence-electron chi connectivity index (χ4n) is 1.42. The van der Waals surface area contributed by atoms with Gasteiger partial charge in [-0.3, -0.25) is 5.43 Å². The minimum Gasteiger partial charge on any atom is -0.494 e. The van der Waals surface area contributed by atoms with Crippen molar-refractivity contribution in [2.45, 2.75) is 0 Å². The van der Waals surface area contributed by atoms with Crippen LogP contribution in [0.15, 0.2) is 28.9 Å². The molecule has 0 fully saturated rings. The van der Waals surface area contributed by atoms with E-state index >= 15 is 0 Å². The molecule has 0 unspecified atom stereocenters. The Morgan fingerprint density at radius 3 is 2.89 bits per heavy atom. The van der Waals surface area contributed by atoms with E-state index in [1.807, 2.05) is 0 Å². The van der Waals surface area contributed by atoms with Gasteiger partial charge < -0.3 is 10.1 Å². The predicted molar refractivity (Wildman–Crippen MR) is 73.8 cm³/mol. The molecule has 8 heteroatoms. The van der Waals surface area contributed by atoms with Crippen molar-refractivity contribution in [3.63, 3.8) is 0 Å². The quantitative estimate of drug-likeness (QED) is 0.590. The Morgan fingerprint density at radius 1 is 1.42 bits per heavy atom. The van der Waals surface area contributed by atoms with Gasteiger partial charge in [-0.25, -0.2) is 15.2 Å². The number of methoxy groups -OCH3 is 1. The molecular formula is C11H11BrFN5O. The highest BCUT2D eigenvalue weighted by atomic mass is 79.9. The zero-order chi connectivity index (χ0) is 13.8. The fourth-order valence-corrected chi connectivity index (χ4v) is 1.71. The molecular weight excluding hydrogens is 317 g/mol. The number of hydrazine groups is 1. The third kappa shape index (κ3) is 3.09. The minimum atomic E-state index is -0.381. The first kappa shape index (κ1) is 13.5. The van der Waals surface area contributed by atoms with Gasteiger partial charge in [0.15, 0.2) is 5.82 Å². The van der Waals surface area contributed by atoms with Crippen molar-refractivity contribution >= 4 is 33.4 Å². The number of nitrogens with zero attached hydrogens (tertiary/aromatic N) is 2. The van der Waals surface area contributed by atoms with E-state index in [1.165, 1.54) is 19.2 Å². The highest BCUT2D eigenvalue weighted by Crippen LogP contribution is 2.30. The summed E-state index contributed by atoms with van der Waals surface area (Å²) in [5.41, 5.74) is 2.92. The van der Waals surface area contributed by atoms with Crippen LogP contribution in [0.1, 0.15) is 0 Å². The number of aromatic nitrogens is 2. The molecule has 1 aromatic carbocycles. The van der Waals surface area contributed by atoms with Gasteiger partial charge in [-0.1, -0.05) is 0 Å². The second kappa shape index (κ2) is 5.81. The zero-order valence-electron chi connectivity index (χ0n) is 9.95. The Kier molecular flexibility index (Phi) is 4.13. The molecule has 19 heavy (non-hydrogen) atoms. The maximum absolute atomic E-state index is 13.1. The van der Waals surface area contributed by atoms with E-state index in [1.54, 1.807) is 12.3 Å². The van der Waals surface area contributed by atoms with Crippen LogP contribution in [0.2, 0.25) is 0 Å². The smallest absolute Gasteiger partial charge is 0.239 e. The number of ether oxygens (including phenoxy) is 1. The molecule has 0 saturated carbocycles. The molecule has 0 saturated heterocycles. The normalized spacial score (nSPS) is 10.1. The minimum absolute atomic E-state index is 0.256. The number of benzene rings is 1. The van der Waals surface area contributed by atoms with Crippen LogP contribution < -0.4 is 21.3 Å². The van der Waals surface area contributed by atoms with Crippen LogP contribution >= 0.6 is 15.9 Å². The molecule has 0 aliphatic heterocycles. The van der Waals surface area contributed by atoms with E-state index in [0.717, 1.165) is 0 Å². The molecule has 0 amide bonds. The number of anilines is 3. The van der Waals surface area contributed by atoms with Crippen LogP contribution in [-0.2, 0) is 0 Å². The van der Waals surface area contributed by atoms with Crippen molar-refractivity contribution in [3.8, 4) is 5.75 Å². The van der Waals surface area contributed by atoms with Gasteiger partial charge in [0.2, 0.25) is 5.95 Å². The number of halogens is 2. The predicted octanol–water partition coefficient (Wildman–Crippen LogP) is 2.42. The van der Waals surface area contributed by atoms with Gasteiger partial charge >= 0.3 is 0 Å². The first-order valence-corrected chi connectivity index (χ1v) is 6.03. The summed E-state index contributed by atoms with van der Waals surface area (Å²) in [4.78, 5) is 8.06. The Labute approximate surface area is 117 Å². The highest BCUT2D eigenvalue weighted by molar-refractivity contribution is 9.10. The van der Waals surface area contributed by atoms with Gasteiger partial charge in [-0.2, -0.15) is 4.98 Å². The number of nitrogens with one attached hydrogen (secondary N) is 2. The first-order chi connectivity index (χ1) is 9.13. The number of rotatable bonds is 4. The number of nitrogen functional groups attached to an aromatic ring is 1. The molecule has 2 rings (SSSR count). The van der Waals surface area contributed by atoms with Crippen molar-refractivity contribution in [1.29, 1.82) is 0 Å². The summed E-state index contributed by atoms with van der Waals surface area (Å²) in [5.74, 6) is 5.97. The van der Waals surface area contributed by atoms with Crippen LogP contribution in [0.25, 0.3) is 0 Å². The van der Waals surface area contributed by atoms with E-state index in [2.05, 4.69) is 36.6 Å². The Morgan fingerprint density at radius 2 is 2.21 bits per heavy atom. The summed E-state index contributed by atoms with van der Waals surface area (Å²) in [6.45, 7) is 0. The zero-order valence-corrected chi connectivity index (χ0v) is 11.5. The molecule has 100 valence electrons. The average Bonchev–Trinajstić information content (AvgIpc) is 2.43. The average molecular weight is 328 g/mol. The van der Waals surface area contributed by atoms with E-state index in [4.69, 9.17) is 10.6 Å². The van der Waals surface area contributed by atoms with E-state index in [-0.39, 0.29) is 11.8 Å². The van der Waals surface area contributed by atoms with Gasteiger partial charge in [-0.15, -0.1) is 0 Å². The molecule has 0 spiro atoms. The van der Waals surface area contributed by atoms with Crippen molar-refractivity contribution in [2.75, 3.05) is 17.9 Å². The van der Waals surface area contributed by atoms with Gasteiger partial charge in [0, 0.05) is 12.3 Å². The molecule has 0 radical (unpaired) electrons. The lowest BCUT2D eigenvalue weighted by Crippen LogP contribution is -2.11. The van der Waals surface area contributed by atoms with Gasteiger partial charge in [0.25, 0.3) is 0 Å². The fraction of sp³-hybridized carbons (Fsp3) is 0.0909. The van der Waals surface area contributed by atoms with E-state index in [9.17, 15) is 4.39 Å². The van der Waals surface area contributed by atoms with Crippen molar-refractivity contribution in [2.24, 2.45) is 5.84 Å². The number of nitrogens with two attached hydrogens (primary N) is 1. The number of hydrogen-bond donors (Lipinski definition) is 3. The number of hydrogen-bond acceptors (Lipinski definition) is 6. The van der Waals surface area contributed by atoms with Gasteiger partial charge in [-0.05, 0) is 28.1 Å². The van der Waals surface area contributed by atoms with Crippen LogP contribution in [0, 0.1) is 5.82 Å². The monoisotopic (exact) mass is 327 g/mol. The maximum Gasteiger partial charge on any atom is 0.239 e. The Balaban J connectivity index is 2.35. The van der Waals surface area contributed by atoms with E-state index < -0.39 is 0 Å². The molecule has 0 aliphatic rings. The van der Waals surface area contributed by atoms with Crippen molar-refractivity contribution in [3.05, 3.63) is 34.7 Å². The standard InChI is InChI=1S/C11H11BrFN5O/c1-19-9-4-6(13)2-3-8(9)16-10-7(12)5-15-11(17-10)18-14/h2-5H,14H2,1H3,(H2,15,16,17,18). The van der Waals surface area contributed by atoms with Gasteiger partial charge in [0.05, 0.1) is 17.3 Å². The Hall–Kier alpha value is -1.93. The van der Waals surface area contributed by atoms with Crippen LogP contribution in [-0.4, -0.2) is 17.1 Å². The molecule has 0 aliphatic carbocycles. The SMILES string of the molecule is COc1cc(F)ccc1Nc1nc(NN)ncc1Br. The third-order valence-electron chi connectivity index (χ3n) is 2.29. The lowest BCUT2D eigenvalue weighted by Gasteiger charge is -2.12. The second-order valence-corrected chi connectivity index (χ2v) is 4.36. The lowest BCUT2D eigenvalue weighted by molar-refractivity contribution is 0.413. The summed E-state index contributed by atoms with van der Waals surface area (Å²) < 4.78 is 18.8. The Bertz CT molecular complexity index is 595. The van der Waals surface area contributed by atoms with Gasteiger partial charge in [0.1, 0.15) is 11.6 Å². The summed E-state index contributed by atoms with van der Waals surface area (Å²) in [7, 11) is 1.46. The lowest BCUT2D eigenvalue weighted by atomic mass is 10.3. The molecule has 1 aromatic heterocycles. The first-order valence-electron chi connectivity index (χ1n) is 5.23. The molecule has 1 heterocycles. The molecule has 6 nitrogen and oxygen atoms in total. The van der Waals surface area contributed by atoms with Crippen LogP contribution in [0.3, 0.4) is 0 Å². The molecule has 2 aromatic rings. The third-order valence-corrected chi connectivity index (χ3v) is 2.87. The maximum atomic E-state index is 13.1. The topological polar surface area (TPSA) is 85.1 Å². The second-order valence-electron chi connectivity index (χ2n) is 3.50. The van der Waals surface area contributed by atoms with Crippen LogP contribution in [0.4, 0.5) is 21.8 Å². The van der Waals surface area contributed by atoms with E-state index in [0.29, 0.717) is 21.7 Å². The highest BCUT2D eigenvalue weighted by Gasteiger charge is 2.09. The van der Waals surface area contributed by atoms with Crippen molar-refractivity contribution < 1.29 is 9.13 Å².